The zero-order valence-electron chi connectivity index (χ0n) is 12.1. The van der Waals surface area contributed by atoms with Crippen molar-refractivity contribution in [1.82, 2.24) is 5.32 Å². The summed E-state index contributed by atoms with van der Waals surface area (Å²) >= 11 is 0. The molecule has 1 nitrogen and oxygen atoms in total. The molecule has 0 spiro atoms. The molecule has 1 unspecified atom stereocenters. The van der Waals surface area contributed by atoms with Crippen LogP contribution in [0.5, 0.6) is 0 Å². The molecule has 1 atom stereocenters. The van der Waals surface area contributed by atoms with Gasteiger partial charge >= 0.3 is 0 Å². The Kier molecular flexibility index (Phi) is 4.45. The Morgan fingerprint density at radius 2 is 1.78 bits per heavy atom. The lowest BCUT2D eigenvalue weighted by Crippen LogP contribution is -2.38. The van der Waals surface area contributed by atoms with E-state index in [0.717, 1.165) is 6.04 Å². The number of benzene rings is 1. The van der Waals surface area contributed by atoms with Crippen molar-refractivity contribution in [3.63, 3.8) is 0 Å². The molecule has 0 amide bonds. The van der Waals surface area contributed by atoms with Crippen LogP contribution in [-0.2, 0) is 5.41 Å². The molecule has 1 aliphatic carbocycles. The Bertz CT molecular complexity index is 349. The third-order valence-electron chi connectivity index (χ3n) is 4.25. The first-order valence-electron chi connectivity index (χ1n) is 7.39. The van der Waals surface area contributed by atoms with E-state index in [-0.39, 0.29) is 5.41 Å². The van der Waals surface area contributed by atoms with Crippen molar-refractivity contribution < 1.29 is 0 Å². The molecule has 1 heteroatoms. The summed E-state index contributed by atoms with van der Waals surface area (Å²) in [5.74, 6) is 0. The van der Waals surface area contributed by atoms with E-state index < -0.39 is 0 Å². The first-order chi connectivity index (χ1) is 8.58. The molecule has 2 rings (SSSR count). The van der Waals surface area contributed by atoms with E-state index >= 15 is 0 Å². The molecule has 1 aromatic carbocycles. The number of hydrogen-bond acceptors (Lipinski definition) is 1. The van der Waals surface area contributed by atoms with Gasteiger partial charge in [-0.15, -0.1) is 0 Å². The first-order valence-corrected chi connectivity index (χ1v) is 7.39. The lowest BCUT2D eigenvalue weighted by atomic mass is 9.79. The van der Waals surface area contributed by atoms with Crippen molar-refractivity contribution in [3.8, 4) is 0 Å². The van der Waals surface area contributed by atoms with Gasteiger partial charge in [-0.3, -0.25) is 0 Å². The van der Waals surface area contributed by atoms with Crippen LogP contribution < -0.4 is 5.32 Å². The van der Waals surface area contributed by atoms with E-state index in [9.17, 15) is 0 Å². The van der Waals surface area contributed by atoms with Gasteiger partial charge in [0, 0.05) is 12.1 Å². The lowest BCUT2D eigenvalue weighted by molar-refractivity contribution is 0.356. The standard InChI is InChI=1S/C17H27N/c1-14(18-16-11-7-8-12-16)13-17(2,3)15-9-5-4-6-10-15/h4-6,9-10,14,16,18H,7-8,11-13H2,1-3H3. The van der Waals surface area contributed by atoms with E-state index in [1.54, 1.807) is 0 Å². The second-order valence-corrected chi connectivity index (χ2v) is 6.50. The molecule has 1 N–H and O–H groups in total. The normalized spacial score (nSPS) is 19.1. The molecule has 1 fully saturated rings. The Hall–Kier alpha value is -0.820. The van der Waals surface area contributed by atoms with Crippen LogP contribution in [0.3, 0.4) is 0 Å². The van der Waals surface area contributed by atoms with E-state index in [2.05, 4.69) is 56.4 Å². The SMILES string of the molecule is CC(CC(C)(C)c1ccccc1)NC1CCCC1. The fraction of sp³-hybridized carbons (Fsp3) is 0.647. The van der Waals surface area contributed by atoms with Crippen molar-refractivity contribution >= 4 is 0 Å². The summed E-state index contributed by atoms with van der Waals surface area (Å²) < 4.78 is 0. The molecule has 0 bridgehead atoms. The van der Waals surface area contributed by atoms with Crippen LogP contribution >= 0.6 is 0 Å². The van der Waals surface area contributed by atoms with Gasteiger partial charge in [-0.25, -0.2) is 0 Å². The molecule has 0 radical (unpaired) electrons. The number of nitrogens with one attached hydrogen (secondary N) is 1. The lowest BCUT2D eigenvalue weighted by Gasteiger charge is -2.30. The van der Waals surface area contributed by atoms with Crippen LogP contribution in [-0.4, -0.2) is 12.1 Å². The summed E-state index contributed by atoms with van der Waals surface area (Å²) in [6.45, 7) is 7.05. The van der Waals surface area contributed by atoms with Crippen molar-refractivity contribution in [3.05, 3.63) is 35.9 Å². The molecule has 18 heavy (non-hydrogen) atoms. The Morgan fingerprint density at radius 3 is 2.39 bits per heavy atom. The van der Waals surface area contributed by atoms with Crippen molar-refractivity contribution in [2.45, 2.75) is 70.4 Å². The minimum Gasteiger partial charge on any atom is -0.311 e. The van der Waals surface area contributed by atoms with Gasteiger partial charge in [0.2, 0.25) is 0 Å². The third-order valence-corrected chi connectivity index (χ3v) is 4.25. The van der Waals surface area contributed by atoms with Crippen LogP contribution in [0.25, 0.3) is 0 Å². The molecule has 0 aromatic heterocycles. The molecule has 100 valence electrons. The number of hydrogen-bond donors (Lipinski definition) is 1. The third kappa shape index (κ3) is 3.58. The van der Waals surface area contributed by atoms with Gasteiger partial charge in [0.05, 0.1) is 0 Å². The van der Waals surface area contributed by atoms with E-state index in [1.807, 2.05) is 0 Å². The molecule has 1 aliphatic rings. The maximum Gasteiger partial charge on any atom is 0.00695 e. The zero-order valence-corrected chi connectivity index (χ0v) is 12.1. The van der Waals surface area contributed by atoms with Gasteiger partial charge in [-0.2, -0.15) is 0 Å². The Labute approximate surface area is 112 Å². The average Bonchev–Trinajstić information content (AvgIpc) is 2.82. The van der Waals surface area contributed by atoms with E-state index in [0.29, 0.717) is 6.04 Å². The molecule has 1 aromatic rings. The summed E-state index contributed by atoms with van der Waals surface area (Å²) in [6.07, 6.45) is 6.76. The fourth-order valence-electron chi connectivity index (χ4n) is 3.33. The monoisotopic (exact) mass is 245 g/mol. The summed E-state index contributed by atoms with van der Waals surface area (Å²) in [5, 5.41) is 3.80. The van der Waals surface area contributed by atoms with E-state index in [4.69, 9.17) is 0 Å². The average molecular weight is 245 g/mol. The molecule has 0 heterocycles. The molecule has 0 aliphatic heterocycles. The van der Waals surface area contributed by atoms with Crippen molar-refractivity contribution in [1.29, 1.82) is 0 Å². The smallest absolute Gasteiger partial charge is 0.00695 e. The summed E-state index contributed by atoms with van der Waals surface area (Å²) in [5.41, 5.74) is 1.71. The highest BCUT2D eigenvalue weighted by Gasteiger charge is 2.25. The van der Waals surface area contributed by atoms with Gasteiger partial charge in [-0.05, 0) is 37.2 Å². The van der Waals surface area contributed by atoms with Gasteiger partial charge in [0.1, 0.15) is 0 Å². The van der Waals surface area contributed by atoms with Crippen molar-refractivity contribution in [2.24, 2.45) is 0 Å². The van der Waals surface area contributed by atoms with Crippen LogP contribution in [0, 0.1) is 0 Å². The highest BCUT2D eigenvalue weighted by atomic mass is 14.9. The van der Waals surface area contributed by atoms with Gasteiger partial charge < -0.3 is 5.32 Å². The van der Waals surface area contributed by atoms with Crippen molar-refractivity contribution in [2.75, 3.05) is 0 Å². The largest absolute Gasteiger partial charge is 0.311 e. The van der Waals surface area contributed by atoms with Crippen LogP contribution in [0.4, 0.5) is 0 Å². The highest BCUT2D eigenvalue weighted by molar-refractivity contribution is 5.23. The molecule has 0 saturated heterocycles. The number of rotatable bonds is 5. The van der Waals surface area contributed by atoms with Crippen LogP contribution in [0.2, 0.25) is 0 Å². The quantitative estimate of drug-likeness (QED) is 0.816. The molecule has 1 saturated carbocycles. The second kappa shape index (κ2) is 5.88. The van der Waals surface area contributed by atoms with Crippen LogP contribution in [0.1, 0.15) is 58.4 Å². The molecular weight excluding hydrogens is 218 g/mol. The highest BCUT2D eigenvalue weighted by Crippen LogP contribution is 2.29. The summed E-state index contributed by atoms with van der Waals surface area (Å²) in [7, 11) is 0. The predicted octanol–water partition coefficient (Wildman–Crippen LogP) is 4.28. The topological polar surface area (TPSA) is 12.0 Å². The molecular formula is C17H27N. The van der Waals surface area contributed by atoms with Crippen LogP contribution in [0.15, 0.2) is 30.3 Å². The first kappa shape index (κ1) is 13.6. The van der Waals surface area contributed by atoms with Gasteiger partial charge in [0.15, 0.2) is 0 Å². The minimum atomic E-state index is 0.256. The van der Waals surface area contributed by atoms with E-state index in [1.165, 1.54) is 37.7 Å². The summed E-state index contributed by atoms with van der Waals surface area (Å²) in [6, 6.07) is 12.3. The Balaban J connectivity index is 1.90. The summed E-state index contributed by atoms with van der Waals surface area (Å²) in [4.78, 5) is 0. The minimum absolute atomic E-state index is 0.256. The maximum absolute atomic E-state index is 3.80. The van der Waals surface area contributed by atoms with Gasteiger partial charge in [-0.1, -0.05) is 57.0 Å². The zero-order chi connectivity index (χ0) is 13.0. The Morgan fingerprint density at radius 1 is 1.17 bits per heavy atom. The second-order valence-electron chi connectivity index (χ2n) is 6.50. The van der Waals surface area contributed by atoms with Gasteiger partial charge in [0.25, 0.3) is 0 Å². The maximum atomic E-state index is 3.80. The predicted molar refractivity (Wildman–Crippen MR) is 78.9 cm³/mol. The fourth-order valence-corrected chi connectivity index (χ4v) is 3.33.